The summed E-state index contributed by atoms with van der Waals surface area (Å²) < 4.78 is 0. The zero-order chi connectivity index (χ0) is 14.8. The number of carbonyl (C=O) groups is 2. The average molecular weight is 287 g/mol. The molecular weight excluding hydrogens is 266 g/mol. The first-order valence-electron chi connectivity index (χ1n) is 7.61. The summed E-state index contributed by atoms with van der Waals surface area (Å²) in [6, 6.07) is 5.87. The second kappa shape index (κ2) is 5.76. The molecule has 1 aromatic rings. The molecule has 0 unspecified atom stereocenters. The Morgan fingerprint density at radius 1 is 1.24 bits per heavy atom. The normalized spacial score (nSPS) is 18.8. The van der Waals surface area contributed by atoms with Crippen molar-refractivity contribution in [3.8, 4) is 0 Å². The third-order valence-corrected chi connectivity index (χ3v) is 4.51. The number of hydrogen-bond donors (Lipinski definition) is 2. The molecule has 0 atom stereocenters. The van der Waals surface area contributed by atoms with Crippen molar-refractivity contribution in [2.24, 2.45) is 11.7 Å². The molecule has 112 valence electrons. The summed E-state index contributed by atoms with van der Waals surface area (Å²) in [7, 11) is 0. The lowest BCUT2D eigenvalue weighted by Gasteiger charge is -2.31. The number of carbonyl (C=O) groups excluding carboxylic acids is 2. The van der Waals surface area contributed by atoms with Crippen LogP contribution in [0.25, 0.3) is 0 Å². The van der Waals surface area contributed by atoms with Crippen LogP contribution in [0, 0.1) is 5.92 Å². The SMILES string of the molecule is NC(=O)C1CCN(C(=O)c2cccc3c2CCCN3)CC1. The van der Waals surface area contributed by atoms with Crippen LogP contribution in [-0.2, 0) is 11.2 Å². The Kier molecular flexibility index (Phi) is 3.82. The van der Waals surface area contributed by atoms with Gasteiger partial charge in [0.25, 0.3) is 5.91 Å². The Labute approximate surface area is 124 Å². The highest BCUT2D eigenvalue weighted by atomic mass is 16.2. The van der Waals surface area contributed by atoms with E-state index in [9.17, 15) is 9.59 Å². The monoisotopic (exact) mass is 287 g/mol. The molecule has 0 aliphatic carbocycles. The van der Waals surface area contributed by atoms with Crippen LogP contribution in [-0.4, -0.2) is 36.3 Å². The first-order chi connectivity index (χ1) is 10.2. The molecule has 21 heavy (non-hydrogen) atoms. The molecule has 2 aliphatic heterocycles. The summed E-state index contributed by atoms with van der Waals surface area (Å²) in [6.07, 6.45) is 3.35. The zero-order valence-corrected chi connectivity index (χ0v) is 12.1. The molecule has 1 fully saturated rings. The molecule has 0 bridgehead atoms. The number of benzene rings is 1. The number of anilines is 1. The van der Waals surface area contributed by atoms with Crippen LogP contribution in [0.15, 0.2) is 18.2 Å². The van der Waals surface area contributed by atoms with E-state index in [4.69, 9.17) is 5.73 Å². The van der Waals surface area contributed by atoms with Gasteiger partial charge in [-0.05, 0) is 43.4 Å². The number of nitrogens with two attached hydrogens (primary N) is 1. The fourth-order valence-electron chi connectivity index (χ4n) is 3.25. The van der Waals surface area contributed by atoms with Crippen molar-refractivity contribution in [3.05, 3.63) is 29.3 Å². The second-order valence-corrected chi connectivity index (χ2v) is 5.83. The number of rotatable bonds is 2. The predicted molar refractivity (Wildman–Crippen MR) is 81.1 cm³/mol. The maximum absolute atomic E-state index is 12.7. The first kappa shape index (κ1) is 13.9. The summed E-state index contributed by atoms with van der Waals surface area (Å²) in [6.45, 7) is 2.20. The van der Waals surface area contributed by atoms with Gasteiger partial charge in [-0.25, -0.2) is 0 Å². The Morgan fingerprint density at radius 3 is 2.71 bits per heavy atom. The van der Waals surface area contributed by atoms with E-state index >= 15 is 0 Å². The summed E-state index contributed by atoms with van der Waals surface area (Å²) in [5.74, 6) is -0.248. The molecule has 5 heteroatoms. The third kappa shape index (κ3) is 2.73. The van der Waals surface area contributed by atoms with Crippen LogP contribution in [0.2, 0.25) is 0 Å². The van der Waals surface area contributed by atoms with E-state index in [0.29, 0.717) is 25.9 Å². The molecular formula is C16H21N3O2. The van der Waals surface area contributed by atoms with Gasteiger partial charge in [0.05, 0.1) is 0 Å². The van der Waals surface area contributed by atoms with E-state index in [1.165, 1.54) is 0 Å². The Balaban J connectivity index is 1.76. The van der Waals surface area contributed by atoms with E-state index < -0.39 is 0 Å². The first-order valence-corrected chi connectivity index (χ1v) is 7.61. The lowest BCUT2D eigenvalue weighted by atomic mass is 9.93. The quantitative estimate of drug-likeness (QED) is 0.863. The Hall–Kier alpha value is -2.04. The van der Waals surface area contributed by atoms with Crippen molar-refractivity contribution < 1.29 is 9.59 Å². The van der Waals surface area contributed by atoms with E-state index in [0.717, 1.165) is 36.2 Å². The molecule has 3 N–H and O–H groups in total. The predicted octanol–water partition coefficient (Wildman–Crippen LogP) is 1.38. The maximum atomic E-state index is 12.7. The van der Waals surface area contributed by atoms with Crippen molar-refractivity contribution >= 4 is 17.5 Å². The Bertz CT molecular complexity index is 563. The van der Waals surface area contributed by atoms with E-state index in [-0.39, 0.29) is 17.7 Å². The van der Waals surface area contributed by atoms with E-state index in [2.05, 4.69) is 5.32 Å². The molecule has 1 aromatic carbocycles. The van der Waals surface area contributed by atoms with Gasteiger partial charge in [0.2, 0.25) is 5.91 Å². The number of nitrogens with one attached hydrogen (secondary N) is 1. The van der Waals surface area contributed by atoms with Gasteiger partial charge in [0.1, 0.15) is 0 Å². The fourth-order valence-corrected chi connectivity index (χ4v) is 3.25. The topological polar surface area (TPSA) is 75.4 Å². The molecule has 0 saturated carbocycles. The van der Waals surface area contributed by atoms with Crippen molar-refractivity contribution in [2.45, 2.75) is 25.7 Å². The van der Waals surface area contributed by atoms with Crippen LogP contribution in [0.5, 0.6) is 0 Å². The zero-order valence-electron chi connectivity index (χ0n) is 12.1. The van der Waals surface area contributed by atoms with Crippen molar-refractivity contribution in [1.82, 2.24) is 4.90 Å². The van der Waals surface area contributed by atoms with Crippen molar-refractivity contribution in [2.75, 3.05) is 25.0 Å². The minimum atomic E-state index is -0.247. The van der Waals surface area contributed by atoms with Gasteiger partial charge in [-0.3, -0.25) is 9.59 Å². The van der Waals surface area contributed by atoms with Gasteiger partial charge in [0, 0.05) is 36.8 Å². The standard InChI is InChI=1S/C16H21N3O2/c17-15(20)11-6-9-19(10-7-11)16(21)13-3-1-5-14-12(13)4-2-8-18-14/h1,3,5,11,18H,2,4,6-10H2,(H2,17,20). The number of piperidine rings is 1. The highest BCUT2D eigenvalue weighted by Gasteiger charge is 2.28. The van der Waals surface area contributed by atoms with Crippen LogP contribution < -0.4 is 11.1 Å². The van der Waals surface area contributed by atoms with Crippen molar-refractivity contribution in [3.63, 3.8) is 0 Å². The highest BCUT2D eigenvalue weighted by molar-refractivity contribution is 5.97. The molecule has 2 heterocycles. The van der Waals surface area contributed by atoms with Gasteiger partial charge in [-0.1, -0.05) is 6.07 Å². The molecule has 1 saturated heterocycles. The molecule has 0 radical (unpaired) electrons. The van der Waals surface area contributed by atoms with Crippen LogP contribution in [0.3, 0.4) is 0 Å². The second-order valence-electron chi connectivity index (χ2n) is 5.83. The molecule has 2 aliphatic rings. The molecule has 5 nitrogen and oxygen atoms in total. The van der Waals surface area contributed by atoms with Crippen LogP contribution >= 0.6 is 0 Å². The molecule has 0 spiro atoms. The maximum Gasteiger partial charge on any atom is 0.254 e. The summed E-state index contributed by atoms with van der Waals surface area (Å²) >= 11 is 0. The average Bonchev–Trinajstić information content (AvgIpc) is 2.53. The van der Waals surface area contributed by atoms with Gasteiger partial charge in [-0.2, -0.15) is 0 Å². The molecule has 0 aromatic heterocycles. The number of primary amides is 1. The minimum absolute atomic E-state index is 0.0819. The molecule has 3 rings (SSSR count). The Morgan fingerprint density at radius 2 is 2.00 bits per heavy atom. The van der Waals surface area contributed by atoms with Crippen LogP contribution in [0.4, 0.5) is 5.69 Å². The number of likely N-dealkylation sites (tertiary alicyclic amines) is 1. The van der Waals surface area contributed by atoms with Crippen LogP contribution in [0.1, 0.15) is 35.2 Å². The largest absolute Gasteiger partial charge is 0.385 e. The fraction of sp³-hybridized carbons (Fsp3) is 0.500. The lowest BCUT2D eigenvalue weighted by Crippen LogP contribution is -2.42. The van der Waals surface area contributed by atoms with Gasteiger partial charge in [-0.15, -0.1) is 0 Å². The summed E-state index contributed by atoms with van der Waals surface area (Å²) in [4.78, 5) is 25.8. The lowest BCUT2D eigenvalue weighted by molar-refractivity contribution is -0.123. The smallest absolute Gasteiger partial charge is 0.254 e. The molecule has 2 amide bonds. The summed E-state index contributed by atoms with van der Waals surface area (Å²) in [5, 5.41) is 3.35. The van der Waals surface area contributed by atoms with Crippen molar-refractivity contribution in [1.29, 1.82) is 0 Å². The van der Waals surface area contributed by atoms with Gasteiger partial charge >= 0.3 is 0 Å². The third-order valence-electron chi connectivity index (χ3n) is 4.51. The van der Waals surface area contributed by atoms with E-state index in [1.807, 2.05) is 23.1 Å². The highest BCUT2D eigenvalue weighted by Crippen LogP contribution is 2.27. The summed E-state index contributed by atoms with van der Waals surface area (Å²) in [5.41, 5.74) is 8.36. The number of fused-ring (bicyclic) bond motifs is 1. The number of nitrogens with zero attached hydrogens (tertiary/aromatic N) is 1. The van der Waals surface area contributed by atoms with Gasteiger partial charge < -0.3 is 16.0 Å². The number of amides is 2. The minimum Gasteiger partial charge on any atom is -0.385 e. The number of hydrogen-bond acceptors (Lipinski definition) is 3. The van der Waals surface area contributed by atoms with Gasteiger partial charge in [0.15, 0.2) is 0 Å². The van der Waals surface area contributed by atoms with E-state index in [1.54, 1.807) is 0 Å².